The molecule has 1 N–H and O–H groups in total. The molecule has 4 nitrogen and oxygen atoms in total. The lowest BCUT2D eigenvalue weighted by molar-refractivity contribution is 0.0694. The topological polar surface area (TPSA) is 59.3 Å². The normalized spacial score (nSPS) is 10.4. The average molecular weight is 257 g/mol. The van der Waals surface area contributed by atoms with Gasteiger partial charge in [0.15, 0.2) is 0 Å². The molecule has 1 heterocycles. The van der Waals surface area contributed by atoms with E-state index in [1.807, 2.05) is 31.2 Å². The summed E-state index contributed by atoms with van der Waals surface area (Å²) in [7, 11) is 0. The van der Waals surface area contributed by atoms with Crippen LogP contribution in [0, 0.1) is 6.92 Å². The molecule has 1 aromatic carbocycles. The van der Waals surface area contributed by atoms with Crippen LogP contribution in [0.4, 0.5) is 0 Å². The first-order valence-corrected chi connectivity index (χ1v) is 6.06. The Morgan fingerprint density at radius 3 is 2.53 bits per heavy atom. The van der Waals surface area contributed by atoms with Crippen molar-refractivity contribution in [3.8, 4) is 0 Å². The van der Waals surface area contributed by atoms with E-state index in [1.165, 1.54) is 16.2 Å². The van der Waals surface area contributed by atoms with Crippen molar-refractivity contribution >= 4 is 5.97 Å². The van der Waals surface area contributed by atoms with Gasteiger partial charge in [0.1, 0.15) is 5.56 Å². The van der Waals surface area contributed by atoms with Crippen molar-refractivity contribution in [2.45, 2.75) is 19.9 Å². The summed E-state index contributed by atoms with van der Waals surface area (Å²) in [5.74, 6) is -1.19. The third-order valence-electron chi connectivity index (χ3n) is 3.01. The van der Waals surface area contributed by atoms with E-state index < -0.39 is 11.5 Å². The summed E-state index contributed by atoms with van der Waals surface area (Å²) >= 11 is 0. The zero-order chi connectivity index (χ0) is 13.8. The Morgan fingerprint density at radius 1 is 1.21 bits per heavy atom. The van der Waals surface area contributed by atoms with Gasteiger partial charge in [-0.15, -0.1) is 0 Å². The van der Waals surface area contributed by atoms with Gasteiger partial charge in [-0.05, 0) is 31.0 Å². The minimum Gasteiger partial charge on any atom is -0.477 e. The van der Waals surface area contributed by atoms with Gasteiger partial charge in [0.05, 0.1) is 0 Å². The van der Waals surface area contributed by atoms with Crippen molar-refractivity contribution in [1.29, 1.82) is 0 Å². The van der Waals surface area contributed by atoms with Crippen LogP contribution < -0.4 is 5.56 Å². The van der Waals surface area contributed by atoms with Crippen LogP contribution in [0.25, 0.3) is 0 Å². The van der Waals surface area contributed by atoms with Crippen LogP contribution in [0.5, 0.6) is 0 Å². The largest absolute Gasteiger partial charge is 0.477 e. The van der Waals surface area contributed by atoms with Gasteiger partial charge in [-0.1, -0.05) is 29.8 Å². The van der Waals surface area contributed by atoms with E-state index in [4.69, 9.17) is 5.11 Å². The van der Waals surface area contributed by atoms with E-state index >= 15 is 0 Å². The van der Waals surface area contributed by atoms with E-state index in [9.17, 15) is 9.59 Å². The van der Waals surface area contributed by atoms with Crippen molar-refractivity contribution in [2.75, 3.05) is 0 Å². The fourth-order valence-electron chi connectivity index (χ4n) is 1.88. The SMILES string of the molecule is Cc1ccc(CCn2cccc(C(=O)O)c2=O)cc1. The molecule has 2 aromatic rings. The Morgan fingerprint density at radius 2 is 1.89 bits per heavy atom. The van der Waals surface area contributed by atoms with Crippen LogP contribution >= 0.6 is 0 Å². The highest BCUT2D eigenvalue weighted by atomic mass is 16.4. The van der Waals surface area contributed by atoms with Crippen molar-refractivity contribution in [3.05, 3.63) is 69.6 Å². The molecular weight excluding hydrogens is 242 g/mol. The maximum Gasteiger partial charge on any atom is 0.341 e. The fourth-order valence-corrected chi connectivity index (χ4v) is 1.88. The Labute approximate surface area is 110 Å². The van der Waals surface area contributed by atoms with Crippen LogP contribution in [0.15, 0.2) is 47.4 Å². The van der Waals surface area contributed by atoms with E-state index in [1.54, 1.807) is 12.3 Å². The van der Waals surface area contributed by atoms with Crippen LogP contribution in [0.3, 0.4) is 0 Å². The maximum atomic E-state index is 11.9. The summed E-state index contributed by atoms with van der Waals surface area (Å²) in [5.41, 5.74) is 1.67. The molecule has 0 radical (unpaired) electrons. The van der Waals surface area contributed by atoms with Gasteiger partial charge in [-0.3, -0.25) is 4.79 Å². The molecule has 0 aliphatic carbocycles. The smallest absolute Gasteiger partial charge is 0.341 e. The first kappa shape index (κ1) is 13.1. The van der Waals surface area contributed by atoms with Crippen molar-refractivity contribution in [2.24, 2.45) is 0 Å². The number of benzene rings is 1. The molecule has 2 rings (SSSR count). The quantitative estimate of drug-likeness (QED) is 0.912. The van der Waals surface area contributed by atoms with Gasteiger partial charge in [-0.2, -0.15) is 0 Å². The third-order valence-corrected chi connectivity index (χ3v) is 3.01. The first-order chi connectivity index (χ1) is 9.08. The van der Waals surface area contributed by atoms with Crippen molar-refractivity contribution in [1.82, 2.24) is 4.57 Å². The number of hydrogen-bond acceptors (Lipinski definition) is 2. The Balaban J connectivity index is 2.16. The van der Waals surface area contributed by atoms with Crippen LogP contribution in [0.2, 0.25) is 0 Å². The highest BCUT2D eigenvalue weighted by Crippen LogP contribution is 2.04. The van der Waals surface area contributed by atoms with Crippen LogP contribution in [-0.4, -0.2) is 15.6 Å². The van der Waals surface area contributed by atoms with E-state index in [0.717, 1.165) is 5.56 Å². The monoisotopic (exact) mass is 257 g/mol. The second-order valence-electron chi connectivity index (χ2n) is 4.46. The summed E-state index contributed by atoms with van der Waals surface area (Å²) < 4.78 is 1.43. The molecule has 0 saturated carbocycles. The molecular formula is C15H15NO3. The van der Waals surface area contributed by atoms with Crippen LogP contribution in [0.1, 0.15) is 21.5 Å². The van der Waals surface area contributed by atoms with Crippen LogP contribution in [-0.2, 0) is 13.0 Å². The molecule has 0 amide bonds. The molecule has 0 aliphatic rings. The number of aromatic nitrogens is 1. The molecule has 0 unspecified atom stereocenters. The lowest BCUT2D eigenvalue weighted by atomic mass is 10.1. The van der Waals surface area contributed by atoms with Gasteiger partial charge >= 0.3 is 5.97 Å². The number of carbonyl (C=O) groups is 1. The van der Waals surface area contributed by atoms with E-state index in [0.29, 0.717) is 13.0 Å². The Kier molecular flexibility index (Phi) is 3.80. The second kappa shape index (κ2) is 5.52. The molecule has 0 saturated heterocycles. The number of nitrogens with zero attached hydrogens (tertiary/aromatic N) is 1. The van der Waals surface area contributed by atoms with E-state index in [-0.39, 0.29) is 5.56 Å². The summed E-state index contributed by atoms with van der Waals surface area (Å²) in [6.07, 6.45) is 2.31. The first-order valence-electron chi connectivity index (χ1n) is 6.06. The van der Waals surface area contributed by atoms with Crippen molar-refractivity contribution in [3.63, 3.8) is 0 Å². The van der Waals surface area contributed by atoms with Gasteiger partial charge < -0.3 is 9.67 Å². The molecule has 0 atom stereocenters. The number of aryl methyl sites for hydroxylation is 3. The van der Waals surface area contributed by atoms with Gasteiger partial charge in [0.2, 0.25) is 0 Å². The van der Waals surface area contributed by atoms with Gasteiger partial charge in [0.25, 0.3) is 5.56 Å². The zero-order valence-electron chi connectivity index (χ0n) is 10.7. The average Bonchev–Trinajstić information content (AvgIpc) is 2.39. The molecule has 4 heteroatoms. The van der Waals surface area contributed by atoms with E-state index in [2.05, 4.69) is 0 Å². The predicted octanol–water partition coefficient (Wildman–Crippen LogP) is 2.10. The highest BCUT2D eigenvalue weighted by molar-refractivity contribution is 5.86. The molecule has 98 valence electrons. The van der Waals surface area contributed by atoms with Crippen molar-refractivity contribution < 1.29 is 9.90 Å². The number of pyridine rings is 1. The second-order valence-corrected chi connectivity index (χ2v) is 4.46. The standard InChI is InChI=1S/C15H15NO3/c1-11-4-6-12(7-5-11)8-10-16-9-2-3-13(14(16)17)15(18)19/h2-7,9H,8,10H2,1H3,(H,18,19). The molecule has 0 spiro atoms. The minimum atomic E-state index is -1.19. The number of rotatable bonds is 4. The summed E-state index contributed by atoms with van der Waals surface area (Å²) in [6.45, 7) is 2.49. The fraction of sp³-hybridized carbons (Fsp3) is 0.200. The Bertz CT molecular complexity index is 641. The molecule has 1 aromatic heterocycles. The number of carboxylic acids is 1. The molecule has 19 heavy (non-hydrogen) atoms. The molecule has 0 bridgehead atoms. The van der Waals surface area contributed by atoms with Gasteiger partial charge in [0, 0.05) is 12.7 Å². The minimum absolute atomic E-state index is 0.189. The summed E-state index contributed by atoms with van der Waals surface area (Å²) in [6, 6.07) is 11.0. The lowest BCUT2D eigenvalue weighted by Gasteiger charge is -2.06. The summed E-state index contributed by atoms with van der Waals surface area (Å²) in [5, 5.41) is 8.89. The lowest BCUT2D eigenvalue weighted by Crippen LogP contribution is -2.26. The molecule has 0 fully saturated rings. The third kappa shape index (κ3) is 3.10. The molecule has 0 aliphatic heterocycles. The number of hydrogen-bond donors (Lipinski definition) is 1. The predicted molar refractivity (Wildman–Crippen MR) is 72.5 cm³/mol. The maximum absolute atomic E-state index is 11.9. The number of aromatic carboxylic acids is 1. The Hall–Kier alpha value is -2.36. The number of carboxylic acid groups (broad SMARTS) is 1. The highest BCUT2D eigenvalue weighted by Gasteiger charge is 2.09. The zero-order valence-corrected chi connectivity index (χ0v) is 10.7. The summed E-state index contributed by atoms with van der Waals surface area (Å²) in [4.78, 5) is 22.7. The van der Waals surface area contributed by atoms with Gasteiger partial charge in [-0.25, -0.2) is 4.79 Å².